The highest BCUT2D eigenvalue weighted by Crippen LogP contribution is 2.44. The van der Waals surface area contributed by atoms with Gasteiger partial charge in [-0.05, 0) is 72.6 Å². The first-order chi connectivity index (χ1) is 31.2. The first kappa shape index (κ1) is 36.4. The number of hydrogen-bond acceptors (Lipinski definition) is 4. The van der Waals surface area contributed by atoms with Gasteiger partial charge in [0, 0.05) is 27.5 Å². The molecule has 2 heterocycles. The lowest BCUT2D eigenvalue weighted by atomic mass is 9.96. The summed E-state index contributed by atoms with van der Waals surface area (Å²) in [5.41, 5.74) is 13.3. The van der Waals surface area contributed by atoms with Crippen LogP contribution in [0.4, 0.5) is 0 Å². The van der Waals surface area contributed by atoms with Crippen LogP contribution in [0.5, 0.6) is 0 Å². The topological polar surface area (TPSA) is 51.8 Å². The van der Waals surface area contributed by atoms with E-state index >= 15 is 0 Å². The molecule has 294 valence electrons. The van der Waals surface area contributed by atoms with Crippen LogP contribution in [0.25, 0.3) is 122 Å². The van der Waals surface area contributed by atoms with E-state index < -0.39 is 0 Å². The summed E-state index contributed by atoms with van der Waals surface area (Å²) in [4.78, 5) is 15.8. The van der Waals surface area contributed by atoms with Crippen LogP contribution in [0.3, 0.4) is 0 Å². The van der Waals surface area contributed by atoms with Crippen LogP contribution in [-0.2, 0) is 0 Å². The molecule has 0 fully saturated rings. The van der Waals surface area contributed by atoms with E-state index in [4.69, 9.17) is 19.4 Å². The van der Waals surface area contributed by atoms with Crippen molar-refractivity contribution in [3.05, 3.63) is 224 Å². The number of benzene rings is 10. The van der Waals surface area contributed by atoms with Crippen LogP contribution >= 0.6 is 0 Å². The third-order valence-corrected chi connectivity index (χ3v) is 12.1. The average molecular weight is 804 g/mol. The van der Waals surface area contributed by atoms with Gasteiger partial charge >= 0.3 is 0 Å². The van der Waals surface area contributed by atoms with Crippen molar-refractivity contribution in [2.75, 3.05) is 0 Å². The number of nitrogens with zero attached hydrogens (tertiary/aromatic N) is 3. The van der Waals surface area contributed by atoms with Gasteiger partial charge in [0.15, 0.2) is 17.5 Å². The van der Waals surface area contributed by atoms with Crippen molar-refractivity contribution in [2.24, 2.45) is 0 Å². The third kappa shape index (κ3) is 6.53. The molecule has 0 saturated carbocycles. The van der Waals surface area contributed by atoms with E-state index in [0.29, 0.717) is 17.5 Å². The highest BCUT2D eigenvalue weighted by atomic mass is 16.3. The van der Waals surface area contributed by atoms with Crippen molar-refractivity contribution in [2.45, 2.75) is 0 Å². The molecule has 12 rings (SSSR count). The van der Waals surface area contributed by atoms with Crippen molar-refractivity contribution in [3.8, 4) is 78.7 Å². The van der Waals surface area contributed by atoms with Gasteiger partial charge in [0.1, 0.15) is 11.2 Å². The van der Waals surface area contributed by atoms with Gasteiger partial charge in [0.25, 0.3) is 0 Å². The lowest BCUT2D eigenvalue weighted by molar-refractivity contribution is 0.671. The summed E-state index contributed by atoms with van der Waals surface area (Å²) in [5.74, 6) is 1.74. The van der Waals surface area contributed by atoms with Crippen LogP contribution in [0.2, 0.25) is 0 Å². The lowest BCUT2D eigenvalue weighted by Gasteiger charge is -2.12. The zero-order valence-electron chi connectivity index (χ0n) is 34.1. The molecule has 10 aromatic carbocycles. The summed E-state index contributed by atoms with van der Waals surface area (Å²) in [7, 11) is 0. The molecule has 0 saturated heterocycles. The van der Waals surface area contributed by atoms with Crippen LogP contribution in [-0.4, -0.2) is 15.0 Å². The van der Waals surface area contributed by atoms with Gasteiger partial charge in [-0.2, -0.15) is 0 Å². The molecule has 63 heavy (non-hydrogen) atoms. The van der Waals surface area contributed by atoms with Gasteiger partial charge in [0.05, 0.1) is 5.56 Å². The molecule has 0 radical (unpaired) electrons. The van der Waals surface area contributed by atoms with Crippen LogP contribution in [0.15, 0.2) is 229 Å². The summed E-state index contributed by atoms with van der Waals surface area (Å²) < 4.78 is 7.14. The fourth-order valence-electron chi connectivity index (χ4n) is 9.00. The lowest BCUT2D eigenvalue weighted by Crippen LogP contribution is -2.01. The minimum Gasteiger partial charge on any atom is -0.455 e. The number of aromatic nitrogens is 3. The van der Waals surface area contributed by atoms with Crippen LogP contribution < -0.4 is 0 Å². The van der Waals surface area contributed by atoms with E-state index in [0.717, 1.165) is 88.0 Å². The van der Waals surface area contributed by atoms with Gasteiger partial charge in [-0.15, -0.1) is 0 Å². The predicted octanol–water partition coefficient (Wildman–Crippen LogP) is 15.7. The zero-order valence-corrected chi connectivity index (χ0v) is 34.1. The summed E-state index contributed by atoms with van der Waals surface area (Å²) in [6.07, 6.45) is 0. The molecule has 0 bridgehead atoms. The fraction of sp³-hybridized carbons (Fsp3) is 0. The van der Waals surface area contributed by atoms with E-state index in [-0.39, 0.29) is 0 Å². The second kappa shape index (κ2) is 15.2. The molecule has 0 amide bonds. The van der Waals surface area contributed by atoms with E-state index in [1.807, 2.05) is 12.1 Å². The molecule has 12 aromatic rings. The van der Waals surface area contributed by atoms with Crippen molar-refractivity contribution >= 4 is 43.5 Å². The Morgan fingerprint density at radius 3 is 1.43 bits per heavy atom. The highest BCUT2D eigenvalue weighted by Gasteiger charge is 2.22. The van der Waals surface area contributed by atoms with Crippen molar-refractivity contribution in [1.29, 1.82) is 0 Å². The Balaban J connectivity index is 1.03. The number of hydrogen-bond donors (Lipinski definition) is 0. The Morgan fingerprint density at radius 2 is 0.714 bits per heavy atom. The smallest absolute Gasteiger partial charge is 0.167 e. The Morgan fingerprint density at radius 1 is 0.254 bits per heavy atom. The highest BCUT2D eigenvalue weighted by molar-refractivity contribution is 6.23. The Labute approximate surface area is 364 Å². The first-order valence-corrected chi connectivity index (χ1v) is 21.3. The second-order valence-corrected chi connectivity index (χ2v) is 15.9. The zero-order chi connectivity index (χ0) is 41.7. The SMILES string of the molecule is c1ccc(-c2ccc(-c3ccc(-c4cccc5c4oc4c(-c6nc(-c7cccc(-c8ccccc8)c7)nc(-c7cccc8ccccc78)n6)cc6ccccc6c45)cc3)cc2)cc1. The Hall–Kier alpha value is -8.47. The van der Waals surface area contributed by atoms with Crippen molar-refractivity contribution in [1.82, 2.24) is 15.0 Å². The molecule has 0 aliphatic rings. The van der Waals surface area contributed by atoms with Gasteiger partial charge < -0.3 is 4.42 Å². The van der Waals surface area contributed by atoms with Gasteiger partial charge in [-0.1, -0.05) is 212 Å². The molecular formula is C59H37N3O. The van der Waals surface area contributed by atoms with E-state index in [2.05, 4.69) is 212 Å². The first-order valence-electron chi connectivity index (χ1n) is 21.3. The molecule has 0 unspecified atom stereocenters. The molecule has 4 nitrogen and oxygen atoms in total. The number of para-hydroxylation sites is 1. The molecule has 0 spiro atoms. The maximum absolute atomic E-state index is 7.14. The van der Waals surface area contributed by atoms with E-state index in [1.54, 1.807) is 0 Å². The maximum Gasteiger partial charge on any atom is 0.167 e. The van der Waals surface area contributed by atoms with E-state index in [1.165, 1.54) is 16.7 Å². The number of fused-ring (bicyclic) bond motifs is 6. The summed E-state index contributed by atoms with van der Waals surface area (Å²) in [5, 5.41) is 6.47. The minimum absolute atomic E-state index is 0.548. The van der Waals surface area contributed by atoms with Crippen molar-refractivity contribution < 1.29 is 4.42 Å². The second-order valence-electron chi connectivity index (χ2n) is 15.9. The molecule has 0 aliphatic carbocycles. The summed E-state index contributed by atoms with van der Waals surface area (Å²) >= 11 is 0. The minimum atomic E-state index is 0.548. The molecule has 4 heteroatoms. The molecular weight excluding hydrogens is 767 g/mol. The van der Waals surface area contributed by atoms with Gasteiger partial charge in [-0.3, -0.25) is 0 Å². The molecule has 0 atom stereocenters. The standard InChI is InChI=1S/C59H37N3O/c1-3-14-38(15-4-1)40-28-30-41(31-29-40)42-32-34-44(35-33-42)50-25-13-27-52-54-49-24-10-8-19-46(49)37-53(56(54)63-55(50)52)59-61-57(47-22-11-21-45(36-47)39-16-5-2-6-17-39)60-58(62-59)51-26-12-20-43-18-7-9-23-48(43)51/h1-37H. The largest absolute Gasteiger partial charge is 0.455 e. The normalized spacial score (nSPS) is 11.5. The Kier molecular flexibility index (Phi) is 8.79. The number of rotatable bonds is 7. The van der Waals surface area contributed by atoms with Gasteiger partial charge in [0.2, 0.25) is 0 Å². The fourth-order valence-corrected chi connectivity index (χ4v) is 9.00. The third-order valence-electron chi connectivity index (χ3n) is 12.1. The summed E-state index contributed by atoms with van der Waals surface area (Å²) in [6, 6.07) is 78.7. The van der Waals surface area contributed by atoms with Crippen LogP contribution in [0, 0.1) is 0 Å². The van der Waals surface area contributed by atoms with Crippen molar-refractivity contribution in [3.63, 3.8) is 0 Å². The van der Waals surface area contributed by atoms with Crippen LogP contribution in [0.1, 0.15) is 0 Å². The summed E-state index contributed by atoms with van der Waals surface area (Å²) in [6.45, 7) is 0. The average Bonchev–Trinajstić information content (AvgIpc) is 3.77. The maximum atomic E-state index is 7.14. The molecule has 2 aromatic heterocycles. The monoisotopic (exact) mass is 803 g/mol. The quantitative estimate of drug-likeness (QED) is 0.161. The predicted molar refractivity (Wildman–Crippen MR) is 260 cm³/mol. The molecule has 0 aliphatic heterocycles. The van der Waals surface area contributed by atoms with E-state index in [9.17, 15) is 0 Å². The van der Waals surface area contributed by atoms with Gasteiger partial charge in [-0.25, -0.2) is 15.0 Å². The Bertz CT molecular complexity index is 3650. The molecule has 0 N–H and O–H groups in total. The number of furan rings is 1.